The summed E-state index contributed by atoms with van der Waals surface area (Å²) in [6.07, 6.45) is 0.589. The quantitative estimate of drug-likeness (QED) is 0.927. The highest BCUT2D eigenvalue weighted by molar-refractivity contribution is 9.10. The largest absolute Gasteiger partial charge is 0.337 e. The molecule has 1 unspecified atom stereocenters. The average molecular weight is 325 g/mol. The van der Waals surface area contributed by atoms with E-state index in [1.807, 2.05) is 17.0 Å². The summed E-state index contributed by atoms with van der Waals surface area (Å²) in [6, 6.07) is 8.54. The molecule has 0 bridgehead atoms. The molecule has 0 radical (unpaired) electrons. The molecule has 2 rings (SSSR count). The standard InChI is InChI=1S/C15H21BrN2O/c1-11(13-3-5-14(16)6-4-13)9-15(19)18-8-7-17-10-12(18)2/h3-6,11-12,17H,7-10H2,1-2H3/t11?,12-/m0/s1. The molecule has 0 aromatic heterocycles. The molecular weight excluding hydrogens is 304 g/mol. The van der Waals surface area contributed by atoms with E-state index in [0.29, 0.717) is 12.5 Å². The fourth-order valence-electron chi connectivity index (χ4n) is 2.50. The molecule has 1 fully saturated rings. The summed E-state index contributed by atoms with van der Waals surface area (Å²) in [5.74, 6) is 0.534. The Balaban J connectivity index is 1.96. The third-order valence-corrected chi connectivity index (χ3v) is 4.27. The second kappa shape index (κ2) is 6.53. The van der Waals surface area contributed by atoms with Gasteiger partial charge in [0.2, 0.25) is 5.91 Å². The van der Waals surface area contributed by atoms with Crippen molar-refractivity contribution in [1.29, 1.82) is 0 Å². The molecule has 1 N–H and O–H groups in total. The number of halogens is 1. The highest BCUT2D eigenvalue weighted by atomic mass is 79.9. The smallest absolute Gasteiger partial charge is 0.223 e. The van der Waals surface area contributed by atoms with E-state index in [-0.39, 0.29) is 11.8 Å². The predicted molar refractivity (Wildman–Crippen MR) is 81.2 cm³/mol. The first-order valence-corrected chi connectivity index (χ1v) is 7.63. The zero-order valence-electron chi connectivity index (χ0n) is 11.5. The molecule has 3 nitrogen and oxygen atoms in total. The maximum Gasteiger partial charge on any atom is 0.223 e. The van der Waals surface area contributed by atoms with Gasteiger partial charge < -0.3 is 10.2 Å². The fourth-order valence-corrected chi connectivity index (χ4v) is 2.76. The van der Waals surface area contributed by atoms with Gasteiger partial charge in [-0.05, 0) is 30.5 Å². The van der Waals surface area contributed by atoms with E-state index in [9.17, 15) is 4.79 Å². The number of benzene rings is 1. The van der Waals surface area contributed by atoms with Gasteiger partial charge in [0.15, 0.2) is 0 Å². The molecule has 104 valence electrons. The summed E-state index contributed by atoms with van der Waals surface area (Å²) in [4.78, 5) is 14.4. The van der Waals surface area contributed by atoms with Crippen molar-refractivity contribution in [3.8, 4) is 0 Å². The van der Waals surface area contributed by atoms with E-state index < -0.39 is 0 Å². The molecule has 1 aromatic carbocycles. The van der Waals surface area contributed by atoms with Crippen LogP contribution in [0.3, 0.4) is 0 Å². The monoisotopic (exact) mass is 324 g/mol. The lowest BCUT2D eigenvalue weighted by atomic mass is 9.97. The van der Waals surface area contributed by atoms with Crippen LogP contribution in [-0.4, -0.2) is 36.5 Å². The van der Waals surface area contributed by atoms with E-state index in [1.54, 1.807) is 0 Å². The van der Waals surface area contributed by atoms with E-state index >= 15 is 0 Å². The average Bonchev–Trinajstić information content (AvgIpc) is 2.39. The number of rotatable bonds is 3. The first-order valence-electron chi connectivity index (χ1n) is 6.83. The first kappa shape index (κ1) is 14.5. The lowest BCUT2D eigenvalue weighted by Gasteiger charge is -2.34. The third kappa shape index (κ3) is 3.80. The molecule has 1 saturated heterocycles. The summed E-state index contributed by atoms with van der Waals surface area (Å²) < 4.78 is 1.07. The van der Waals surface area contributed by atoms with E-state index in [0.717, 1.165) is 24.1 Å². The summed E-state index contributed by atoms with van der Waals surface area (Å²) in [5, 5.41) is 3.31. The van der Waals surface area contributed by atoms with E-state index in [4.69, 9.17) is 0 Å². The molecule has 4 heteroatoms. The Bertz CT molecular complexity index is 432. The number of hydrogen-bond acceptors (Lipinski definition) is 2. The first-order chi connectivity index (χ1) is 9.08. The Morgan fingerprint density at radius 1 is 1.47 bits per heavy atom. The summed E-state index contributed by atoms with van der Waals surface area (Å²) in [5.41, 5.74) is 1.22. The van der Waals surface area contributed by atoms with Crippen LogP contribution in [0, 0.1) is 0 Å². The van der Waals surface area contributed by atoms with Crippen LogP contribution in [-0.2, 0) is 4.79 Å². The number of nitrogens with one attached hydrogen (secondary N) is 1. The molecule has 1 aromatic rings. The Hall–Kier alpha value is -0.870. The molecule has 0 aliphatic carbocycles. The van der Waals surface area contributed by atoms with Crippen molar-refractivity contribution in [3.05, 3.63) is 34.3 Å². The van der Waals surface area contributed by atoms with Crippen molar-refractivity contribution in [2.24, 2.45) is 0 Å². The van der Waals surface area contributed by atoms with Crippen molar-refractivity contribution in [2.75, 3.05) is 19.6 Å². The van der Waals surface area contributed by atoms with Gasteiger partial charge >= 0.3 is 0 Å². The Morgan fingerprint density at radius 2 is 2.16 bits per heavy atom. The van der Waals surface area contributed by atoms with Crippen LogP contribution in [0.15, 0.2) is 28.7 Å². The fraction of sp³-hybridized carbons (Fsp3) is 0.533. The van der Waals surface area contributed by atoms with Crippen LogP contribution in [0.2, 0.25) is 0 Å². The zero-order chi connectivity index (χ0) is 13.8. The SMILES string of the molecule is CC(CC(=O)N1CCNC[C@@H]1C)c1ccc(Br)cc1. The van der Waals surface area contributed by atoms with Crippen molar-refractivity contribution >= 4 is 21.8 Å². The number of carbonyl (C=O) groups is 1. The van der Waals surface area contributed by atoms with Crippen LogP contribution >= 0.6 is 15.9 Å². The molecule has 19 heavy (non-hydrogen) atoms. The molecular formula is C15H21BrN2O. The van der Waals surface area contributed by atoms with Gasteiger partial charge in [0.25, 0.3) is 0 Å². The van der Waals surface area contributed by atoms with Gasteiger partial charge in [-0.1, -0.05) is 35.0 Å². The predicted octanol–water partition coefficient (Wildman–Crippen LogP) is 2.76. The topological polar surface area (TPSA) is 32.3 Å². The molecule has 0 saturated carbocycles. The number of hydrogen-bond donors (Lipinski definition) is 1. The number of amides is 1. The number of nitrogens with zero attached hydrogens (tertiary/aromatic N) is 1. The van der Waals surface area contributed by atoms with Crippen molar-refractivity contribution in [2.45, 2.75) is 32.2 Å². The van der Waals surface area contributed by atoms with E-state index in [1.165, 1.54) is 5.56 Å². The van der Waals surface area contributed by atoms with Gasteiger partial charge in [0.1, 0.15) is 0 Å². The molecule has 0 spiro atoms. The highest BCUT2D eigenvalue weighted by Crippen LogP contribution is 2.22. The minimum atomic E-state index is 0.266. The van der Waals surface area contributed by atoms with Gasteiger partial charge in [-0.2, -0.15) is 0 Å². The second-order valence-corrected chi connectivity index (χ2v) is 6.21. The molecule has 1 aliphatic heterocycles. The minimum Gasteiger partial charge on any atom is -0.337 e. The molecule has 1 heterocycles. The van der Waals surface area contributed by atoms with Gasteiger partial charge in [-0.25, -0.2) is 0 Å². The second-order valence-electron chi connectivity index (χ2n) is 5.30. The van der Waals surface area contributed by atoms with Crippen LogP contribution in [0.4, 0.5) is 0 Å². The maximum atomic E-state index is 12.3. The van der Waals surface area contributed by atoms with E-state index in [2.05, 4.69) is 47.2 Å². The van der Waals surface area contributed by atoms with Crippen molar-refractivity contribution in [3.63, 3.8) is 0 Å². The highest BCUT2D eigenvalue weighted by Gasteiger charge is 2.24. The third-order valence-electron chi connectivity index (χ3n) is 3.74. The van der Waals surface area contributed by atoms with Crippen LogP contribution in [0.1, 0.15) is 31.7 Å². The van der Waals surface area contributed by atoms with Crippen molar-refractivity contribution < 1.29 is 4.79 Å². The van der Waals surface area contributed by atoms with Crippen LogP contribution < -0.4 is 5.32 Å². The lowest BCUT2D eigenvalue weighted by Crippen LogP contribution is -2.52. The summed E-state index contributed by atoms with van der Waals surface area (Å²) in [7, 11) is 0. The Morgan fingerprint density at radius 3 is 2.79 bits per heavy atom. The van der Waals surface area contributed by atoms with Gasteiger partial charge in [0, 0.05) is 36.6 Å². The van der Waals surface area contributed by atoms with Gasteiger partial charge in [-0.15, -0.1) is 0 Å². The number of piperazine rings is 1. The molecule has 1 aliphatic rings. The summed E-state index contributed by atoms with van der Waals surface area (Å²) >= 11 is 3.43. The maximum absolute atomic E-state index is 12.3. The van der Waals surface area contributed by atoms with Crippen LogP contribution in [0.5, 0.6) is 0 Å². The Kier molecular flexibility index (Phi) is 4.99. The Labute approximate surface area is 123 Å². The zero-order valence-corrected chi connectivity index (χ0v) is 13.1. The molecule has 1 amide bonds. The van der Waals surface area contributed by atoms with Gasteiger partial charge in [-0.3, -0.25) is 4.79 Å². The summed E-state index contributed by atoms with van der Waals surface area (Å²) in [6.45, 7) is 6.86. The van der Waals surface area contributed by atoms with Crippen LogP contribution in [0.25, 0.3) is 0 Å². The number of carbonyl (C=O) groups excluding carboxylic acids is 1. The lowest BCUT2D eigenvalue weighted by molar-refractivity contribution is -0.134. The molecule has 2 atom stereocenters. The van der Waals surface area contributed by atoms with Gasteiger partial charge in [0.05, 0.1) is 0 Å². The normalized spacial score (nSPS) is 21.2. The van der Waals surface area contributed by atoms with Crippen molar-refractivity contribution in [1.82, 2.24) is 10.2 Å². The minimum absolute atomic E-state index is 0.266.